The minimum Gasteiger partial charge on any atom is -0.0836 e. The van der Waals surface area contributed by atoms with Crippen molar-refractivity contribution in [1.82, 2.24) is 0 Å². The van der Waals surface area contributed by atoms with E-state index in [0.717, 1.165) is 11.8 Å². The second-order valence-corrected chi connectivity index (χ2v) is 6.09. The van der Waals surface area contributed by atoms with Crippen molar-refractivity contribution in [3.05, 3.63) is 35.4 Å². The summed E-state index contributed by atoms with van der Waals surface area (Å²) >= 11 is 3.81. The zero-order valence-corrected chi connectivity index (χ0v) is 11.3. The Labute approximate surface area is 101 Å². The van der Waals surface area contributed by atoms with Gasteiger partial charge in [0.15, 0.2) is 0 Å². The van der Waals surface area contributed by atoms with Crippen LogP contribution in [-0.2, 0) is 0 Å². The van der Waals surface area contributed by atoms with E-state index >= 15 is 0 Å². The first-order valence-corrected chi connectivity index (χ1v) is 6.75. The predicted molar refractivity (Wildman–Crippen MR) is 69.5 cm³/mol. The minimum atomic E-state index is 0.564. The Morgan fingerprint density at radius 3 is 2.00 bits per heavy atom. The zero-order chi connectivity index (χ0) is 11.0. The maximum Gasteiger partial charge on any atom is 0.0426 e. The number of benzene rings is 1. The summed E-state index contributed by atoms with van der Waals surface area (Å²) in [6, 6.07) is 9.09. The van der Waals surface area contributed by atoms with Crippen LogP contribution in [0.1, 0.15) is 49.1 Å². The van der Waals surface area contributed by atoms with E-state index in [0.29, 0.717) is 10.7 Å². The van der Waals surface area contributed by atoms with Gasteiger partial charge in [0.2, 0.25) is 0 Å². The molecular weight excluding hydrogens is 248 g/mol. The summed E-state index contributed by atoms with van der Waals surface area (Å²) in [5, 5.41) is 0. The Morgan fingerprint density at radius 1 is 1.13 bits per heavy atom. The Balaban J connectivity index is 2.09. The van der Waals surface area contributed by atoms with Gasteiger partial charge in [-0.1, -0.05) is 61.0 Å². The molecule has 0 spiro atoms. The summed E-state index contributed by atoms with van der Waals surface area (Å²) in [5.41, 5.74) is 2.87. The van der Waals surface area contributed by atoms with Gasteiger partial charge in [0.05, 0.1) is 0 Å². The Bertz CT molecular complexity index is 326. The second kappa shape index (κ2) is 4.29. The fourth-order valence-electron chi connectivity index (χ4n) is 2.07. The van der Waals surface area contributed by atoms with Gasteiger partial charge >= 0.3 is 0 Å². The quantitative estimate of drug-likeness (QED) is 0.683. The molecule has 0 radical (unpaired) electrons. The van der Waals surface area contributed by atoms with Crippen LogP contribution in [0.15, 0.2) is 24.3 Å². The molecule has 1 aliphatic carbocycles. The molecule has 1 aliphatic rings. The fourth-order valence-corrected chi connectivity index (χ4v) is 3.11. The van der Waals surface area contributed by atoms with Crippen LogP contribution in [0.4, 0.5) is 0 Å². The molecule has 3 atom stereocenters. The Hall–Kier alpha value is -0.300. The highest BCUT2D eigenvalue weighted by molar-refractivity contribution is 9.09. The van der Waals surface area contributed by atoms with E-state index in [4.69, 9.17) is 0 Å². The first-order valence-electron chi connectivity index (χ1n) is 5.83. The molecule has 0 saturated heterocycles. The standard InChI is InChI=1S/C14H19Br/c1-9(2)11-4-6-12(7-5-11)14(15)13-8-10(13)3/h4-7,9-10,13-14H,8H2,1-3H3. The predicted octanol–water partition coefficient (Wildman–Crippen LogP) is 4.90. The number of hydrogen-bond donors (Lipinski definition) is 0. The molecule has 82 valence electrons. The molecular formula is C14H19Br. The molecule has 2 rings (SSSR count). The third-order valence-corrected chi connectivity index (χ3v) is 4.68. The van der Waals surface area contributed by atoms with Gasteiger partial charge in [-0.05, 0) is 35.3 Å². The van der Waals surface area contributed by atoms with Gasteiger partial charge in [-0.15, -0.1) is 0 Å². The maximum atomic E-state index is 3.81. The Morgan fingerprint density at radius 2 is 1.60 bits per heavy atom. The highest BCUT2D eigenvalue weighted by Gasteiger charge is 2.38. The molecule has 0 amide bonds. The molecule has 0 N–H and O–H groups in total. The average Bonchev–Trinajstić information content (AvgIpc) is 2.94. The molecule has 3 unspecified atom stereocenters. The van der Waals surface area contributed by atoms with E-state index in [1.807, 2.05) is 0 Å². The summed E-state index contributed by atoms with van der Waals surface area (Å²) in [7, 11) is 0. The minimum absolute atomic E-state index is 0.564. The SMILES string of the molecule is CC(C)c1ccc(C(Br)C2CC2C)cc1. The van der Waals surface area contributed by atoms with Crippen LogP contribution in [0.2, 0.25) is 0 Å². The molecule has 1 aromatic rings. The van der Waals surface area contributed by atoms with Gasteiger partial charge in [0, 0.05) is 4.83 Å². The molecule has 0 bridgehead atoms. The van der Waals surface area contributed by atoms with Crippen LogP contribution in [0.3, 0.4) is 0 Å². The molecule has 15 heavy (non-hydrogen) atoms. The van der Waals surface area contributed by atoms with Crippen molar-refractivity contribution in [2.24, 2.45) is 11.8 Å². The Kier molecular flexibility index (Phi) is 3.20. The van der Waals surface area contributed by atoms with Crippen molar-refractivity contribution in [2.45, 2.75) is 37.9 Å². The zero-order valence-electron chi connectivity index (χ0n) is 9.70. The molecule has 0 aromatic heterocycles. The largest absolute Gasteiger partial charge is 0.0836 e. The molecule has 1 aromatic carbocycles. The fraction of sp³-hybridized carbons (Fsp3) is 0.571. The molecule has 0 heterocycles. The first kappa shape index (κ1) is 11.2. The van der Waals surface area contributed by atoms with Crippen molar-refractivity contribution in [2.75, 3.05) is 0 Å². The van der Waals surface area contributed by atoms with E-state index in [1.54, 1.807) is 0 Å². The summed E-state index contributed by atoms with van der Waals surface area (Å²) in [6.07, 6.45) is 1.38. The molecule has 0 nitrogen and oxygen atoms in total. The summed E-state index contributed by atoms with van der Waals surface area (Å²) in [4.78, 5) is 0.564. The summed E-state index contributed by atoms with van der Waals surface area (Å²) in [5.74, 6) is 2.39. The molecule has 1 saturated carbocycles. The van der Waals surface area contributed by atoms with Crippen LogP contribution in [-0.4, -0.2) is 0 Å². The van der Waals surface area contributed by atoms with Gasteiger partial charge in [-0.25, -0.2) is 0 Å². The molecule has 1 heteroatoms. The third-order valence-electron chi connectivity index (χ3n) is 3.47. The van der Waals surface area contributed by atoms with Gasteiger partial charge in [-0.2, -0.15) is 0 Å². The lowest BCUT2D eigenvalue weighted by Gasteiger charge is -2.11. The van der Waals surface area contributed by atoms with E-state index in [2.05, 4.69) is 61.0 Å². The molecule has 0 aliphatic heterocycles. The lowest BCUT2D eigenvalue weighted by Crippen LogP contribution is -1.95. The van der Waals surface area contributed by atoms with Gasteiger partial charge in [-0.3, -0.25) is 0 Å². The lowest BCUT2D eigenvalue weighted by molar-refractivity contribution is 0.739. The maximum absolute atomic E-state index is 3.81. The van der Waals surface area contributed by atoms with E-state index in [1.165, 1.54) is 17.5 Å². The summed E-state index contributed by atoms with van der Waals surface area (Å²) in [6.45, 7) is 6.81. The normalized spacial score (nSPS) is 26.7. The highest BCUT2D eigenvalue weighted by atomic mass is 79.9. The summed E-state index contributed by atoms with van der Waals surface area (Å²) < 4.78 is 0. The van der Waals surface area contributed by atoms with Crippen molar-refractivity contribution >= 4 is 15.9 Å². The number of alkyl halides is 1. The number of rotatable bonds is 3. The van der Waals surface area contributed by atoms with Crippen molar-refractivity contribution in [1.29, 1.82) is 0 Å². The highest BCUT2D eigenvalue weighted by Crippen LogP contribution is 2.51. The number of hydrogen-bond acceptors (Lipinski definition) is 0. The average molecular weight is 267 g/mol. The van der Waals surface area contributed by atoms with Crippen LogP contribution >= 0.6 is 15.9 Å². The van der Waals surface area contributed by atoms with Gasteiger partial charge < -0.3 is 0 Å². The monoisotopic (exact) mass is 266 g/mol. The van der Waals surface area contributed by atoms with Crippen molar-refractivity contribution < 1.29 is 0 Å². The molecule has 1 fully saturated rings. The third kappa shape index (κ3) is 2.44. The van der Waals surface area contributed by atoms with Gasteiger partial charge in [0.1, 0.15) is 0 Å². The van der Waals surface area contributed by atoms with Crippen LogP contribution in [0.5, 0.6) is 0 Å². The second-order valence-electron chi connectivity index (χ2n) is 5.10. The number of halogens is 1. The first-order chi connectivity index (χ1) is 7.09. The van der Waals surface area contributed by atoms with Crippen LogP contribution in [0.25, 0.3) is 0 Å². The van der Waals surface area contributed by atoms with E-state index < -0.39 is 0 Å². The van der Waals surface area contributed by atoms with Gasteiger partial charge in [0.25, 0.3) is 0 Å². The topological polar surface area (TPSA) is 0 Å². The van der Waals surface area contributed by atoms with E-state index in [9.17, 15) is 0 Å². The van der Waals surface area contributed by atoms with Crippen LogP contribution < -0.4 is 0 Å². The smallest absolute Gasteiger partial charge is 0.0426 e. The van der Waals surface area contributed by atoms with Crippen LogP contribution in [0, 0.1) is 11.8 Å². The lowest BCUT2D eigenvalue weighted by atomic mass is 9.99. The van der Waals surface area contributed by atoms with E-state index in [-0.39, 0.29) is 0 Å². The van der Waals surface area contributed by atoms with Crippen molar-refractivity contribution in [3.63, 3.8) is 0 Å². The van der Waals surface area contributed by atoms with Crippen molar-refractivity contribution in [3.8, 4) is 0 Å².